The molecule has 0 radical (unpaired) electrons. The summed E-state index contributed by atoms with van der Waals surface area (Å²) in [5.74, 6) is 0.418. The van der Waals surface area contributed by atoms with Crippen molar-refractivity contribution in [1.29, 1.82) is 0 Å². The summed E-state index contributed by atoms with van der Waals surface area (Å²) in [7, 11) is -3.16. The topological polar surface area (TPSA) is 72.2 Å². The summed E-state index contributed by atoms with van der Waals surface area (Å²) in [6.07, 6.45) is 2.64. The van der Waals surface area contributed by atoms with Crippen LogP contribution in [0, 0.1) is 5.92 Å². The molecule has 116 valence electrons. The van der Waals surface area contributed by atoms with Crippen LogP contribution in [0.25, 0.3) is 0 Å². The summed E-state index contributed by atoms with van der Waals surface area (Å²) in [6, 6.07) is 7.49. The number of sulfonamides is 1. The number of rotatable bonds is 8. The maximum absolute atomic E-state index is 11.8. The largest absolute Gasteiger partial charge is 0.399 e. The van der Waals surface area contributed by atoms with E-state index in [0.717, 1.165) is 24.1 Å². The molecule has 1 unspecified atom stereocenters. The second-order valence-electron chi connectivity index (χ2n) is 5.06. The zero-order valence-electron chi connectivity index (χ0n) is 12.1. The molecule has 6 heteroatoms. The number of hydrogen-bond acceptors (Lipinski definition) is 3. The van der Waals surface area contributed by atoms with Crippen molar-refractivity contribution < 1.29 is 8.42 Å². The van der Waals surface area contributed by atoms with Crippen LogP contribution in [0.2, 0.25) is 0 Å². The van der Waals surface area contributed by atoms with Crippen LogP contribution in [-0.4, -0.2) is 20.7 Å². The molecule has 0 saturated heterocycles. The van der Waals surface area contributed by atoms with Crippen LogP contribution in [0.3, 0.4) is 0 Å². The van der Waals surface area contributed by atoms with Crippen molar-refractivity contribution in [2.75, 3.05) is 18.0 Å². The van der Waals surface area contributed by atoms with Crippen molar-refractivity contribution in [3.05, 3.63) is 29.8 Å². The molecule has 0 heterocycles. The molecule has 0 aliphatic heterocycles. The lowest BCUT2D eigenvalue weighted by atomic mass is 10.1. The molecule has 0 saturated carbocycles. The van der Waals surface area contributed by atoms with Gasteiger partial charge in [0, 0.05) is 12.2 Å². The zero-order chi connectivity index (χ0) is 14.3. The summed E-state index contributed by atoms with van der Waals surface area (Å²) in [4.78, 5) is 0. The molecule has 4 nitrogen and oxygen atoms in total. The molecule has 0 aromatic heterocycles. The van der Waals surface area contributed by atoms with Gasteiger partial charge in [-0.3, -0.25) is 0 Å². The van der Waals surface area contributed by atoms with Gasteiger partial charge in [0.15, 0.2) is 0 Å². The maximum atomic E-state index is 11.8. The zero-order valence-corrected chi connectivity index (χ0v) is 13.8. The van der Waals surface area contributed by atoms with Crippen molar-refractivity contribution in [2.45, 2.75) is 33.1 Å². The van der Waals surface area contributed by atoms with Gasteiger partial charge in [0.2, 0.25) is 10.0 Å². The van der Waals surface area contributed by atoms with Crippen LogP contribution in [0.1, 0.15) is 32.3 Å². The van der Waals surface area contributed by atoms with E-state index in [1.165, 1.54) is 0 Å². The molecule has 0 amide bonds. The van der Waals surface area contributed by atoms with E-state index in [0.29, 0.717) is 13.0 Å². The van der Waals surface area contributed by atoms with Crippen LogP contribution >= 0.6 is 12.4 Å². The van der Waals surface area contributed by atoms with E-state index in [-0.39, 0.29) is 24.1 Å². The first-order valence-electron chi connectivity index (χ1n) is 6.74. The third kappa shape index (κ3) is 7.72. The molecule has 0 aliphatic rings. The Morgan fingerprint density at radius 3 is 2.40 bits per heavy atom. The average molecular weight is 321 g/mol. The lowest BCUT2D eigenvalue weighted by Gasteiger charge is -2.11. The molecular weight excluding hydrogens is 296 g/mol. The number of nitrogen functional groups attached to an aromatic ring is 1. The highest BCUT2D eigenvalue weighted by Gasteiger charge is 2.14. The summed E-state index contributed by atoms with van der Waals surface area (Å²) < 4.78 is 26.3. The highest BCUT2D eigenvalue weighted by Crippen LogP contribution is 2.08. The van der Waals surface area contributed by atoms with Gasteiger partial charge in [-0.2, -0.15) is 0 Å². The van der Waals surface area contributed by atoms with Gasteiger partial charge in [-0.25, -0.2) is 13.1 Å². The standard InChI is InChI=1S/C14H24N2O2S.ClH/c1-3-4-12(2)11-19(17,18)16-10-9-13-5-7-14(15)8-6-13;/h5-8,12,16H,3-4,9-11,15H2,1-2H3;1H. The third-order valence-electron chi connectivity index (χ3n) is 3.00. The van der Waals surface area contributed by atoms with Gasteiger partial charge in [0.05, 0.1) is 5.75 Å². The first-order valence-corrected chi connectivity index (χ1v) is 8.40. The summed E-state index contributed by atoms with van der Waals surface area (Å²) in [6.45, 7) is 4.48. The lowest BCUT2D eigenvalue weighted by Crippen LogP contribution is -2.30. The Balaban J connectivity index is 0.00000361. The summed E-state index contributed by atoms with van der Waals surface area (Å²) in [5.41, 5.74) is 7.40. The monoisotopic (exact) mass is 320 g/mol. The fourth-order valence-corrected chi connectivity index (χ4v) is 3.49. The summed E-state index contributed by atoms with van der Waals surface area (Å²) >= 11 is 0. The first kappa shape index (κ1) is 19.2. The summed E-state index contributed by atoms with van der Waals surface area (Å²) in [5, 5.41) is 0. The molecule has 20 heavy (non-hydrogen) atoms. The van der Waals surface area contributed by atoms with E-state index < -0.39 is 10.0 Å². The smallest absolute Gasteiger partial charge is 0.211 e. The van der Waals surface area contributed by atoms with Crippen LogP contribution in [0.15, 0.2) is 24.3 Å². The molecular formula is C14H25ClN2O2S. The van der Waals surface area contributed by atoms with Crippen molar-refractivity contribution in [2.24, 2.45) is 5.92 Å². The lowest BCUT2D eigenvalue weighted by molar-refractivity contribution is 0.536. The van der Waals surface area contributed by atoms with Crippen LogP contribution in [0.4, 0.5) is 5.69 Å². The Bertz CT molecular complexity index is 474. The molecule has 1 rings (SSSR count). The Morgan fingerprint density at radius 1 is 1.25 bits per heavy atom. The van der Waals surface area contributed by atoms with E-state index in [9.17, 15) is 8.42 Å². The Hall–Kier alpha value is -0.780. The molecule has 1 aromatic carbocycles. The van der Waals surface area contributed by atoms with Crippen LogP contribution in [-0.2, 0) is 16.4 Å². The van der Waals surface area contributed by atoms with Crippen molar-refractivity contribution in [1.82, 2.24) is 4.72 Å². The Kier molecular flexibility index (Phi) is 8.85. The Morgan fingerprint density at radius 2 is 1.85 bits per heavy atom. The third-order valence-corrected chi connectivity index (χ3v) is 4.65. The van der Waals surface area contributed by atoms with Gasteiger partial charge in [-0.1, -0.05) is 32.4 Å². The van der Waals surface area contributed by atoms with Crippen LogP contribution < -0.4 is 10.5 Å². The first-order chi connectivity index (χ1) is 8.93. The van der Waals surface area contributed by atoms with Gasteiger partial charge < -0.3 is 5.73 Å². The van der Waals surface area contributed by atoms with Gasteiger partial charge in [-0.05, 0) is 36.5 Å². The number of hydrogen-bond donors (Lipinski definition) is 2. The molecule has 0 aliphatic carbocycles. The second kappa shape index (κ2) is 9.21. The fraction of sp³-hybridized carbons (Fsp3) is 0.571. The number of anilines is 1. The van der Waals surface area contributed by atoms with Gasteiger partial charge in [0.1, 0.15) is 0 Å². The van der Waals surface area contributed by atoms with Crippen molar-refractivity contribution in [3.63, 3.8) is 0 Å². The normalized spacial score (nSPS) is 12.7. The SMILES string of the molecule is CCCC(C)CS(=O)(=O)NCCc1ccc(N)cc1.Cl. The van der Waals surface area contributed by atoms with E-state index in [1.807, 2.05) is 31.2 Å². The molecule has 0 spiro atoms. The van der Waals surface area contributed by atoms with E-state index in [4.69, 9.17) is 5.73 Å². The van der Waals surface area contributed by atoms with Crippen LogP contribution in [0.5, 0.6) is 0 Å². The molecule has 1 atom stereocenters. The predicted octanol–water partition coefficient (Wildman–Crippen LogP) is 2.59. The number of benzene rings is 1. The maximum Gasteiger partial charge on any atom is 0.211 e. The molecule has 0 bridgehead atoms. The number of nitrogens with one attached hydrogen (secondary N) is 1. The van der Waals surface area contributed by atoms with Crippen molar-refractivity contribution in [3.8, 4) is 0 Å². The second-order valence-corrected chi connectivity index (χ2v) is 6.91. The Labute approximate surface area is 128 Å². The van der Waals surface area contributed by atoms with E-state index in [1.54, 1.807) is 0 Å². The van der Waals surface area contributed by atoms with Crippen molar-refractivity contribution >= 4 is 28.1 Å². The van der Waals surface area contributed by atoms with Gasteiger partial charge >= 0.3 is 0 Å². The highest BCUT2D eigenvalue weighted by atomic mass is 35.5. The molecule has 0 fully saturated rings. The minimum atomic E-state index is -3.16. The van der Waals surface area contributed by atoms with Gasteiger partial charge in [-0.15, -0.1) is 12.4 Å². The fourth-order valence-electron chi connectivity index (χ4n) is 2.04. The quantitative estimate of drug-likeness (QED) is 0.723. The number of halogens is 1. The minimum absolute atomic E-state index is 0. The molecule has 1 aromatic rings. The predicted molar refractivity (Wildman–Crippen MR) is 87.7 cm³/mol. The average Bonchev–Trinajstić information content (AvgIpc) is 2.31. The number of nitrogens with two attached hydrogens (primary N) is 1. The minimum Gasteiger partial charge on any atom is -0.399 e. The van der Waals surface area contributed by atoms with E-state index in [2.05, 4.69) is 11.6 Å². The van der Waals surface area contributed by atoms with Gasteiger partial charge in [0.25, 0.3) is 0 Å². The van der Waals surface area contributed by atoms with E-state index >= 15 is 0 Å². The highest BCUT2D eigenvalue weighted by molar-refractivity contribution is 7.89. The molecule has 3 N–H and O–H groups in total.